The van der Waals surface area contributed by atoms with E-state index in [1.165, 1.54) is 0 Å². The average molecular weight is 364 g/mol. The van der Waals surface area contributed by atoms with Gasteiger partial charge in [0.1, 0.15) is 5.76 Å². The summed E-state index contributed by atoms with van der Waals surface area (Å²) in [4.78, 5) is 12.4. The van der Waals surface area contributed by atoms with Gasteiger partial charge in [-0.15, -0.1) is 6.58 Å². The molecule has 142 valence electrons. The van der Waals surface area contributed by atoms with E-state index < -0.39 is 0 Å². The van der Waals surface area contributed by atoms with E-state index >= 15 is 0 Å². The molecule has 0 aliphatic rings. The number of carbonyl (C=O) groups is 1. The highest BCUT2D eigenvalue weighted by Crippen LogP contribution is 2.28. The Morgan fingerprint density at radius 1 is 1.04 bits per heavy atom. The van der Waals surface area contributed by atoms with Crippen LogP contribution in [0.4, 0.5) is 0 Å². The summed E-state index contributed by atoms with van der Waals surface area (Å²) in [6, 6.07) is 19.1. The molecule has 2 rings (SSSR count). The van der Waals surface area contributed by atoms with E-state index in [4.69, 9.17) is 9.47 Å². The first-order chi connectivity index (χ1) is 13.1. The van der Waals surface area contributed by atoms with Crippen LogP contribution in [0.5, 0.6) is 0 Å². The minimum atomic E-state index is -0.357. The molecule has 0 amide bonds. The number of rotatable bonds is 9. The van der Waals surface area contributed by atoms with Crippen molar-refractivity contribution in [2.24, 2.45) is 5.92 Å². The normalized spacial score (nSPS) is 14.9. The van der Waals surface area contributed by atoms with Crippen molar-refractivity contribution in [2.75, 3.05) is 0 Å². The van der Waals surface area contributed by atoms with Gasteiger partial charge >= 0.3 is 5.97 Å². The van der Waals surface area contributed by atoms with Gasteiger partial charge in [0.15, 0.2) is 0 Å². The van der Waals surface area contributed by atoms with E-state index in [2.05, 4.69) is 6.58 Å². The molecule has 27 heavy (non-hydrogen) atoms. The summed E-state index contributed by atoms with van der Waals surface area (Å²) in [6.07, 6.45) is 4.12. The molecule has 3 nitrogen and oxygen atoms in total. The third kappa shape index (κ3) is 5.93. The Morgan fingerprint density at radius 2 is 1.63 bits per heavy atom. The predicted molar refractivity (Wildman–Crippen MR) is 109 cm³/mol. The van der Waals surface area contributed by atoms with E-state index in [0.29, 0.717) is 17.7 Å². The predicted octanol–water partition coefficient (Wildman–Crippen LogP) is 6.11. The minimum Gasteiger partial charge on any atom is -0.427 e. The maximum atomic E-state index is 12.4. The molecule has 0 aliphatic heterocycles. The van der Waals surface area contributed by atoms with Crippen molar-refractivity contribution in [3.63, 3.8) is 0 Å². The molecule has 0 fully saturated rings. The highest BCUT2D eigenvalue weighted by atomic mass is 16.5. The van der Waals surface area contributed by atoms with Gasteiger partial charge in [-0.2, -0.15) is 0 Å². The van der Waals surface area contributed by atoms with Gasteiger partial charge in [-0.25, -0.2) is 4.79 Å². The SMILES string of the molecule is C=CC[C@H](O[C@@H](C)c1ccccc1)[C@H](C)/C(=C/C)OC(=O)c1ccccc1. The summed E-state index contributed by atoms with van der Waals surface area (Å²) in [5, 5.41) is 0. The van der Waals surface area contributed by atoms with Crippen molar-refractivity contribution in [3.05, 3.63) is 96.3 Å². The maximum absolute atomic E-state index is 12.4. The van der Waals surface area contributed by atoms with Crippen molar-refractivity contribution >= 4 is 5.97 Å². The molecule has 0 bridgehead atoms. The minimum absolute atomic E-state index is 0.0680. The van der Waals surface area contributed by atoms with Crippen LogP contribution in [0.1, 0.15) is 49.2 Å². The first-order valence-electron chi connectivity index (χ1n) is 9.31. The summed E-state index contributed by atoms with van der Waals surface area (Å²) < 4.78 is 12.0. The maximum Gasteiger partial charge on any atom is 0.343 e. The van der Waals surface area contributed by atoms with E-state index in [1.807, 2.05) is 81.5 Å². The first-order valence-corrected chi connectivity index (χ1v) is 9.31. The largest absolute Gasteiger partial charge is 0.427 e. The molecule has 0 radical (unpaired) electrons. The molecule has 3 heteroatoms. The Balaban J connectivity index is 2.10. The summed E-state index contributed by atoms with van der Waals surface area (Å²) in [7, 11) is 0. The zero-order valence-corrected chi connectivity index (χ0v) is 16.3. The molecule has 3 atom stereocenters. The molecular formula is C24H28O3. The van der Waals surface area contributed by atoms with Crippen LogP contribution < -0.4 is 0 Å². The standard InChI is InChI=1S/C24H28O3/c1-5-13-23(26-19(4)20-14-9-7-10-15-20)18(3)22(6-2)27-24(25)21-16-11-8-12-17-21/h5-12,14-19,23H,1,13H2,2-4H3/b22-6-/t18-,19+,23+/m1/s1. The number of hydrogen-bond donors (Lipinski definition) is 0. The van der Waals surface area contributed by atoms with Crippen molar-refractivity contribution in [3.8, 4) is 0 Å². The van der Waals surface area contributed by atoms with E-state index in [1.54, 1.807) is 12.1 Å². The van der Waals surface area contributed by atoms with Crippen LogP contribution in [0.2, 0.25) is 0 Å². The van der Waals surface area contributed by atoms with E-state index in [-0.39, 0.29) is 24.1 Å². The lowest BCUT2D eigenvalue weighted by Crippen LogP contribution is -2.26. The molecule has 0 aromatic heterocycles. The van der Waals surface area contributed by atoms with Gasteiger partial charge in [-0.1, -0.05) is 61.5 Å². The summed E-state index contributed by atoms with van der Waals surface area (Å²) in [5.74, 6) is 0.159. The second-order valence-electron chi connectivity index (χ2n) is 6.49. The van der Waals surface area contributed by atoms with Gasteiger partial charge in [-0.3, -0.25) is 0 Å². The fourth-order valence-corrected chi connectivity index (χ4v) is 2.94. The van der Waals surface area contributed by atoms with Crippen molar-refractivity contribution < 1.29 is 14.3 Å². The highest BCUT2D eigenvalue weighted by Gasteiger charge is 2.26. The Morgan fingerprint density at radius 3 is 2.19 bits per heavy atom. The highest BCUT2D eigenvalue weighted by molar-refractivity contribution is 5.90. The fraction of sp³-hybridized carbons (Fsp3) is 0.292. The Hall–Kier alpha value is -2.65. The second kappa shape index (κ2) is 10.5. The number of esters is 1. The van der Waals surface area contributed by atoms with Gasteiger partial charge in [-0.05, 0) is 44.0 Å². The van der Waals surface area contributed by atoms with E-state index in [9.17, 15) is 4.79 Å². The van der Waals surface area contributed by atoms with Crippen molar-refractivity contribution in [2.45, 2.75) is 39.4 Å². The van der Waals surface area contributed by atoms with Gasteiger partial charge < -0.3 is 9.47 Å². The molecule has 2 aromatic carbocycles. The van der Waals surface area contributed by atoms with E-state index in [0.717, 1.165) is 5.56 Å². The lowest BCUT2D eigenvalue weighted by atomic mass is 9.98. The molecule has 0 saturated carbocycles. The Bertz CT molecular complexity index is 750. The molecule has 0 spiro atoms. The number of benzene rings is 2. The summed E-state index contributed by atoms with van der Waals surface area (Å²) in [6.45, 7) is 9.76. The van der Waals surface area contributed by atoms with Crippen LogP contribution in [-0.2, 0) is 9.47 Å². The molecule has 0 unspecified atom stereocenters. The van der Waals surface area contributed by atoms with Crippen LogP contribution in [0.3, 0.4) is 0 Å². The monoisotopic (exact) mass is 364 g/mol. The van der Waals surface area contributed by atoms with Crippen LogP contribution in [-0.4, -0.2) is 12.1 Å². The fourth-order valence-electron chi connectivity index (χ4n) is 2.94. The first kappa shape index (κ1) is 20.7. The molecule has 0 heterocycles. The quantitative estimate of drug-likeness (QED) is 0.306. The third-order valence-corrected chi connectivity index (χ3v) is 4.56. The smallest absolute Gasteiger partial charge is 0.343 e. The number of allylic oxidation sites excluding steroid dienone is 1. The lowest BCUT2D eigenvalue weighted by molar-refractivity contribution is -0.0321. The Kier molecular flexibility index (Phi) is 8.02. The molecular weight excluding hydrogens is 336 g/mol. The molecule has 0 saturated heterocycles. The lowest BCUT2D eigenvalue weighted by Gasteiger charge is -2.28. The third-order valence-electron chi connectivity index (χ3n) is 4.56. The van der Waals surface area contributed by atoms with Gasteiger partial charge in [0.2, 0.25) is 0 Å². The molecule has 0 aliphatic carbocycles. The van der Waals surface area contributed by atoms with Crippen LogP contribution in [0.15, 0.2) is 85.2 Å². The summed E-state index contributed by atoms with van der Waals surface area (Å²) >= 11 is 0. The zero-order chi connectivity index (χ0) is 19.6. The number of carbonyl (C=O) groups excluding carboxylic acids is 1. The van der Waals surface area contributed by atoms with Crippen molar-refractivity contribution in [1.82, 2.24) is 0 Å². The topological polar surface area (TPSA) is 35.5 Å². The van der Waals surface area contributed by atoms with Crippen LogP contribution in [0, 0.1) is 5.92 Å². The number of hydrogen-bond acceptors (Lipinski definition) is 3. The number of ether oxygens (including phenoxy) is 2. The second-order valence-corrected chi connectivity index (χ2v) is 6.49. The van der Waals surface area contributed by atoms with Crippen molar-refractivity contribution in [1.29, 1.82) is 0 Å². The molecule has 2 aromatic rings. The zero-order valence-electron chi connectivity index (χ0n) is 16.3. The Labute approximate surface area is 162 Å². The average Bonchev–Trinajstić information content (AvgIpc) is 2.72. The van der Waals surface area contributed by atoms with Crippen LogP contribution >= 0.6 is 0 Å². The van der Waals surface area contributed by atoms with Gasteiger partial charge in [0.05, 0.1) is 17.8 Å². The molecule has 0 N–H and O–H groups in total. The van der Waals surface area contributed by atoms with Crippen LogP contribution in [0.25, 0.3) is 0 Å². The summed E-state index contributed by atoms with van der Waals surface area (Å²) in [5.41, 5.74) is 1.64. The van der Waals surface area contributed by atoms with Gasteiger partial charge in [0, 0.05) is 5.92 Å². The van der Waals surface area contributed by atoms with Gasteiger partial charge in [0.25, 0.3) is 0 Å².